The molecule has 1 atom stereocenters. The average molecular weight is 567 g/mol. The zero-order valence-electron chi connectivity index (χ0n) is 21.2. The van der Waals surface area contributed by atoms with E-state index in [2.05, 4.69) is 12.1 Å². The summed E-state index contributed by atoms with van der Waals surface area (Å²) in [4.78, 5) is 13.6. The molecule has 3 fully saturated rings. The van der Waals surface area contributed by atoms with Crippen LogP contribution in [0.2, 0.25) is 0 Å². The third-order valence-electron chi connectivity index (χ3n) is 8.01. The van der Waals surface area contributed by atoms with Crippen LogP contribution in [0.25, 0.3) is 0 Å². The summed E-state index contributed by atoms with van der Waals surface area (Å²) in [5.41, 5.74) is 0.425. The quantitative estimate of drug-likeness (QED) is 0.231. The second-order valence-corrected chi connectivity index (χ2v) is 10.3. The van der Waals surface area contributed by atoms with Gasteiger partial charge in [-0.15, -0.1) is 0 Å². The van der Waals surface area contributed by atoms with Crippen molar-refractivity contribution < 1.29 is 40.8 Å². The minimum atomic E-state index is -1.83. The van der Waals surface area contributed by atoms with Crippen LogP contribution in [0, 0.1) is 5.92 Å². The number of quaternary nitrogens is 1. The summed E-state index contributed by atoms with van der Waals surface area (Å²) in [6.07, 6.45) is 2.91. The third kappa shape index (κ3) is 6.15. The fraction of sp³-hybridized carbons (Fsp3) is 0.387. The standard InChI is InChI=1S/C31H36NO4.BrH/c33-30(31(34,27-13-6-2-7-14-27)28-15-8-3-9-16-28)36-29-23-32(20-17-26(29)18-21-32)19-10-22-35-24-25-11-4-1-5-12-25;/h1-9,11-16,26,29,34H,10,17-24H2;1H/q+1;/p-1. The summed E-state index contributed by atoms with van der Waals surface area (Å²) in [7, 11) is 0. The fourth-order valence-corrected chi connectivity index (χ4v) is 5.92. The zero-order valence-corrected chi connectivity index (χ0v) is 22.8. The summed E-state index contributed by atoms with van der Waals surface area (Å²) in [6.45, 7) is 5.45. The average Bonchev–Trinajstić information content (AvgIpc) is 2.94. The van der Waals surface area contributed by atoms with Gasteiger partial charge in [-0.3, -0.25) is 0 Å². The zero-order chi connectivity index (χ0) is 24.8. The molecule has 0 spiro atoms. The first-order chi connectivity index (χ1) is 17.6. The van der Waals surface area contributed by atoms with Gasteiger partial charge in [0.05, 0.1) is 32.8 Å². The molecule has 196 valence electrons. The molecule has 1 unspecified atom stereocenters. The summed E-state index contributed by atoms with van der Waals surface area (Å²) in [5.74, 6) is -0.220. The van der Waals surface area contributed by atoms with E-state index in [9.17, 15) is 9.90 Å². The Morgan fingerprint density at radius 3 is 1.97 bits per heavy atom. The van der Waals surface area contributed by atoms with Gasteiger partial charge in [-0.1, -0.05) is 91.0 Å². The van der Waals surface area contributed by atoms with E-state index in [0.717, 1.165) is 56.5 Å². The molecule has 3 aliphatic rings. The molecule has 0 saturated carbocycles. The molecule has 3 aromatic carbocycles. The third-order valence-corrected chi connectivity index (χ3v) is 8.01. The van der Waals surface area contributed by atoms with Crippen molar-refractivity contribution in [3.63, 3.8) is 0 Å². The Bertz CT molecular complexity index is 1080. The van der Waals surface area contributed by atoms with Crippen LogP contribution in [0.3, 0.4) is 0 Å². The van der Waals surface area contributed by atoms with E-state index < -0.39 is 11.6 Å². The van der Waals surface area contributed by atoms with Gasteiger partial charge < -0.3 is 36.0 Å². The number of hydrogen-bond acceptors (Lipinski definition) is 4. The van der Waals surface area contributed by atoms with Crippen molar-refractivity contribution in [2.75, 3.05) is 32.8 Å². The minimum absolute atomic E-state index is 0. The lowest BCUT2D eigenvalue weighted by atomic mass is 9.82. The number of carbonyl (C=O) groups excluding carboxylic acids is 1. The molecule has 3 saturated heterocycles. The van der Waals surface area contributed by atoms with E-state index in [1.165, 1.54) is 5.56 Å². The van der Waals surface area contributed by atoms with Crippen LogP contribution in [0.4, 0.5) is 0 Å². The molecular formula is C31H36BrNO4. The van der Waals surface area contributed by atoms with Crippen LogP contribution in [0.5, 0.6) is 0 Å². The second-order valence-electron chi connectivity index (χ2n) is 10.3. The van der Waals surface area contributed by atoms with E-state index in [1.54, 1.807) is 24.3 Å². The van der Waals surface area contributed by atoms with E-state index in [-0.39, 0.29) is 23.1 Å². The van der Waals surface area contributed by atoms with Crippen LogP contribution >= 0.6 is 0 Å². The molecule has 3 aliphatic heterocycles. The SMILES string of the molecule is O=C(OC1C[N+]2(CCCOCc3ccccc3)CCC1CC2)C(O)(c1ccccc1)c1ccccc1.[Br-]. The number of nitrogens with zero attached hydrogens (tertiary/aromatic N) is 1. The number of aliphatic hydroxyl groups is 1. The largest absolute Gasteiger partial charge is 1.00 e. The van der Waals surface area contributed by atoms with E-state index >= 15 is 0 Å². The first-order valence-corrected chi connectivity index (χ1v) is 13.1. The molecule has 1 N–H and O–H groups in total. The molecule has 0 aromatic heterocycles. The number of rotatable bonds is 10. The predicted octanol–water partition coefficient (Wildman–Crippen LogP) is 1.69. The van der Waals surface area contributed by atoms with Crippen LogP contribution in [0.1, 0.15) is 36.0 Å². The van der Waals surface area contributed by atoms with Crippen LogP contribution in [-0.4, -0.2) is 54.4 Å². The van der Waals surface area contributed by atoms with Gasteiger partial charge in [0.15, 0.2) is 6.10 Å². The Labute approximate surface area is 230 Å². The van der Waals surface area contributed by atoms with Crippen molar-refractivity contribution >= 4 is 5.97 Å². The van der Waals surface area contributed by atoms with E-state index in [1.807, 2.05) is 54.6 Å². The molecular weight excluding hydrogens is 530 g/mol. The highest BCUT2D eigenvalue weighted by Gasteiger charge is 2.50. The van der Waals surface area contributed by atoms with E-state index in [0.29, 0.717) is 23.7 Å². The summed E-state index contributed by atoms with van der Waals surface area (Å²) < 4.78 is 13.1. The Kier molecular flexibility index (Phi) is 9.19. The maximum absolute atomic E-state index is 13.6. The van der Waals surface area contributed by atoms with Crippen molar-refractivity contribution in [3.8, 4) is 0 Å². The second kappa shape index (κ2) is 12.4. The molecule has 3 heterocycles. The lowest BCUT2D eigenvalue weighted by Crippen LogP contribution is -3.00. The Morgan fingerprint density at radius 2 is 1.41 bits per heavy atom. The van der Waals surface area contributed by atoms with Gasteiger partial charge in [0.25, 0.3) is 0 Å². The topological polar surface area (TPSA) is 55.8 Å². The van der Waals surface area contributed by atoms with Gasteiger partial charge in [0.2, 0.25) is 5.60 Å². The predicted molar refractivity (Wildman–Crippen MR) is 139 cm³/mol. The number of halogens is 1. The summed E-state index contributed by atoms with van der Waals surface area (Å²) in [5, 5.41) is 11.8. The minimum Gasteiger partial charge on any atom is -1.00 e. The maximum Gasteiger partial charge on any atom is 0.348 e. The van der Waals surface area contributed by atoms with Crippen molar-refractivity contribution in [3.05, 3.63) is 108 Å². The molecule has 37 heavy (non-hydrogen) atoms. The first-order valence-electron chi connectivity index (χ1n) is 13.1. The van der Waals surface area contributed by atoms with Crippen LogP contribution in [-0.2, 0) is 26.5 Å². The van der Waals surface area contributed by atoms with Crippen LogP contribution < -0.4 is 17.0 Å². The number of carbonyl (C=O) groups is 1. The highest BCUT2D eigenvalue weighted by atomic mass is 79.9. The van der Waals surface area contributed by atoms with E-state index in [4.69, 9.17) is 9.47 Å². The molecule has 3 aromatic rings. The number of fused-ring (bicyclic) bond motifs is 3. The van der Waals surface area contributed by atoms with Gasteiger partial charge in [-0.2, -0.15) is 0 Å². The molecule has 0 radical (unpaired) electrons. The lowest BCUT2D eigenvalue weighted by Gasteiger charge is -2.52. The number of esters is 1. The van der Waals surface area contributed by atoms with Gasteiger partial charge in [-0.05, 0) is 16.7 Å². The molecule has 0 aliphatic carbocycles. The Hall–Kier alpha value is -2.51. The van der Waals surface area contributed by atoms with Gasteiger partial charge in [-0.25, -0.2) is 4.79 Å². The number of ether oxygens (including phenoxy) is 2. The molecule has 5 nitrogen and oxygen atoms in total. The molecule has 0 amide bonds. The first kappa shape index (κ1) is 27.5. The summed E-state index contributed by atoms with van der Waals surface area (Å²) in [6, 6.07) is 28.5. The Balaban J connectivity index is 0.00000320. The number of benzene rings is 3. The van der Waals surface area contributed by atoms with Crippen molar-refractivity contribution in [2.45, 2.75) is 37.6 Å². The normalized spacial score (nSPS) is 22.7. The van der Waals surface area contributed by atoms with Gasteiger partial charge in [0, 0.05) is 25.2 Å². The molecule has 2 bridgehead atoms. The highest BCUT2D eigenvalue weighted by molar-refractivity contribution is 5.85. The van der Waals surface area contributed by atoms with Crippen LogP contribution in [0.15, 0.2) is 91.0 Å². The lowest BCUT2D eigenvalue weighted by molar-refractivity contribution is -0.946. The Morgan fingerprint density at radius 1 is 0.865 bits per heavy atom. The van der Waals surface area contributed by atoms with Crippen molar-refractivity contribution in [2.24, 2.45) is 5.92 Å². The van der Waals surface area contributed by atoms with Crippen molar-refractivity contribution in [1.82, 2.24) is 0 Å². The molecule has 6 heteroatoms. The monoisotopic (exact) mass is 565 g/mol. The molecule has 6 rings (SSSR count). The van der Waals surface area contributed by atoms with Gasteiger partial charge in [0.1, 0.15) is 6.54 Å². The maximum atomic E-state index is 13.6. The smallest absolute Gasteiger partial charge is 0.348 e. The van der Waals surface area contributed by atoms with Gasteiger partial charge >= 0.3 is 5.97 Å². The highest BCUT2D eigenvalue weighted by Crippen LogP contribution is 2.38. The fourth-order valence-electron chi connectivity index (χ4n) is 5.92. The number of hydrogen-bond donors (Lipinski definition) is 1. The number of piperidine rings is 3. The summed E-state index contributed by atoms with van der Waals surface area (Å²) >= 11 is 0. The van der Waals surface area contributed by atoms with Crippen molar-refractivity contribution in [1.29, 1.82) is 0 Å².